The lowest BCUT2D eigenvalue weighted by Crippen LogP contribution is -2.58. The van der Waals surface area contributed by atoms with Crippen LogP contribution in [0.15, 0.2) is 47.4 Å². The van der Waals surface area contributed by atoms with Gasteiger partial charge in [0.15, 0.2) is 0 Å². The molecule has 3 rings (SSSR count). The van der Waals surface area contributed by atoms with Gasteiger partial charge in [0.1, 0.15) is 10.7 Å². The molecule has 2 N–H and O–H groups in total. The molecular weight excluding hydrogens is 469 g/mol. The van der Waals surface area contributed by atoms with Crippen molar-refractivity contribution in [3.8, 4) is 0 Å². The summed E-state index contributed by atoms with van der Waals surface area (Å²) in [5.74, 6) is -0.897. The number of carbonyl (C=O) groups is 1. The SMILES string of the molecule is C[C@H]1CN(C(C)(C)CNC(=O)c2ccc(Cl)c(S(=O)(=O)Nc3ccc(F)cc3)c2)C[C@H](C)O1. The minimum absolute atomic E-state index is 0.0298. The second-order valence-corrected chi connectivity index (χ2v) is 11.0. The molecule has 1 aliphatic heterocycles. The maximum absolute atomic E-state index is 13.1. The highest BCUT2D eigenvalue weighted by atomic mass is 35.5. The van der Waals surface area contributed by atoms with Gasteiger partial charge in [-0.25, -0.2) is 12.8 Å². The molecule has 1 amide bonds. The van der Waals surface area contributed by atoms with Crippen molar-refractivity contribution >= 4 is 33.2 Å². The molecule has 0 spiro atoms. The van der Waals surface area contributed by atoms with Crippen molar-refractivity contribution < 1.29 is 22.3 Å². The Hall–Kier alpha value is -2.20. The van der Waals surface area contributed by atoms with E-state index in [1.54, 1.807) is 0 Å². The molecular formula is C23H29ClFN3O4S. The topological polar surface area (TPSA) is 87.7 Å². The van der Waals surface area contributed by atoms with Crippen molar-refractivity contribution in [1.82, 2.24) is 10.2 Å². The Morgan fingerprint density at radius 2 is 1.76 bits per heavy atom. The Morgan fingerprint density at radius 3 is 2.36 bits per heavy atom. The number of amides is 1. The predicted octanol–water partition coefficient (Wildman–Crippen LogP) is 3.90. The van der Waals surface area contributed by atoms with E-state index in [1.165, 1.54) is 30.3 Å². The fraction of sp³-hybridized carbons (Fsp3) is 0.435. The third kappa shape index (κ3) is 6.44. The zero-order chi connectivity index (χ0) is 24.4. The molecule has 1 saturated heterocycles. The molecule has 1 fully saturated rings. The van der Waals surface area contributed by atoms with Crippen LogP contribution in [0.2, 0.25) is 5.02 Å². The molecule has 180 valence electrons. The van der Waals surface area contributed by atoms with Crippen LogP contribution in [-0.4, -0.2) is 56.6 Å². The third-order valence-electron chi connectivity index (χ3n) is 5.54. The van der Waals surface area contributed by atoms with Crippen LogP contribution < -0.4 is 10.0 Å². The van der Waals surface area contributed by atoms with E-state index in [0.29, 0.717) is 6.54 Å². The van der Waals surface area contributed by atoms with Crippen molar-refractivity contribution in [2.75, 3.05) is 24.4 Å². The van der Waals surface area contributed by atoms with Crippen molar-refractivity contribution in [3.05, 3.63) is 58.9 Å². The molecule has 7 nitrogen and oxygen atoms in total. The van der Waals surface area contributed by atoms with Gasteiger partial charge in [-0.15, -0.1) is 0 Å². The first-order valence-electron chi connectivity index (χ1n) is 10.6. The molecule has 0 radical (unpaired) electrons. The number of ether oxygens (including phenoxy) is 1. The molecule has 0 bridgehead atoms. The summed E-state index contributed by atoms with van der Waals surface area (Å²) in [6, 6.07) is 8.95. The molecule has 0 aromatic heterocycles. The fourth-order valence-corrected chi connectivity index (χ4v) is 5.35. The Bertz CT molecular complexity index is 1100. The number of rotatable bonds is 7. The van der Waals surface area contributed by atoms with E-state index in [0.717, 1.165) is 25.2 Å². The first-order chi connectivity index (χ1) is 15.4. The summed E-state index contributed by atoms with van der Waals surface area (Å²) in [5, 5.41) is 2.87. The molecule has 2 aromatic carbocycles. The number of hydrogen-bond acceptors (Lipinski definition) is 5. The van der Waals surface area contributed by atoms with Crippen LogP contribution in [0, 0.1) is 5.82 Å². The first kappa shape index (κ1) is 25.4. The molecule has 10 heteroatoms. The molecule has 1 aliphatic rings. The Morgan fingerprint density at radius 1 is 1.15 bits per heavy atom. The van der Waals surface area contributed by atoms with E-state index < -0.39 is 21.7 Å². The molecule has 2 atom stereocenters. The van der Waals surface area contributed by atoms with Gasteiger partial charge in [0.2, 0.25) is 0 Å². The van der Waals surface area contributed by atoms with Gasteiger partial charge >= 0.3 is 0 Å². The summed E-state index contributed by atoms with van der Waals surface area (Å²) < 4.78 is 46.9. The van der Waals surface area contributed by atoms with Crippen LogP contribution in [0.3, 0.4) is 0 Å². The van der Waals surface area contributed by atoms with E-state index in [2.05, 4.69) is 14.9 Å². The molecule has 33 heavy (non-hydrogen) atoms. The second kappa shape index (κ2) is 9.97. The number of carbonyl (C=O) groups excluding carboxylic acids is 1. The van der Waals surface area contributed by atoms with Crippen LogP contribution >= 0.6 is 11.6 Å². The van der Waals surface area contributed by atoms with Crippen LogP contribution in [-0.2, 0) is 14.8 Å². The summed E-state index contributed by atoms with van der Waals surface area (Å²) in [7, 11) is -4.09. The molecule has 1 heterocycles. The van der Waals surface area contributed by atoms with Gasteiger partial charge in [-0.05, 0) is 70.2 Å². The van der Waals surface area contributed by atoms with E-state index in [-0.39, 0.29) is 38.9 Å². The average molecular weight is 498 g/mol. The largest absolute Gasteiger partial charge is 0.373 e. The highest BCUT2D eigenvalue weighted by molar-refractivity contribution is 7.92. The second-order valence-electron chi connectivity index (χ2n) is 8.92. The maximum Gasteiger partial charge on any atom is 0.263 e. The van der Waals surface area contributed by atoms with Gasteiger partial charge in [0, 0.05) is 36.4 Å². The fourth-order valence-electron chi connectivity index (χ4n) is 3.76. The number of halogens is 2. The summed E-state index contributed by atoms with van der Waals surface area (Å²) in [6.07, 6.45) is 0.197. The number of hydrogen-bond donors (Lipinski definition) is 2. The van der Waals surface area contributed by atoms with E-state index in [4.69, 9.17) is 16.3 Å². The van der Waals surface area contributed by atoms with Crippen LogP contribution in [0.4, 0.5) is 10.1 Å². The number of nitrogens with one attached hydrogen (secondary N) is 2. The lowest BCUT2D eigenvalue weighted by atomic mass is 10.00. The standard InChI is InChI=1S/C23H29ClFN3O4S/c1-15-12-28(13-16(2)32-15)23(3,4)14-26-22(29)17-5-10-20(24)21(11-17)33(30,31)27-19-8-6-18(25)7-9-19/h5-11,15-16,27H,12-14H2,1-4H3,(H,26,29)/t15-,16-/m0/s1. The quantitative estimate of drug-likeness (QED) is 0.605. The third-order valence-corrected chi connectivity index (χ3v) is 7.40. The van der Waals surface area contributed by atoms with Gasteiger partial charge in [0.05, 0.1) is 17.2 Å². The zero-order valence-corrected chi connectivity index (χ0v) is 20.6. The van der Waals surface area contributed by atoms with Crippen LogP contribution in [0.5, 0.6) is 0 Å². The van der Waals surface area contributed by atoms with Gasteiger partial charge in [-0.2, -0.15) is 0 Å². The van der Waals surface area contributed by atoms with E-state index >= 15 is 0 Å². The summed E-state index contributed by atoms with van der Waals surface area (Å²) >= 11 is 6.13. The van der Waals surface area contributed by atoms with Crippen molar-refractivity contribution in [2.45, 2.75) is 50.3 Å². The smallest absolute Gasteiger partial charge is 0.263 e. The molecule has 0 saturated carbocycles. The molecule has 2 aromatic rings. The van der Waals surface area contributed by atoms with E-state index in [1.807, 2.05) is 27.7 Å². The maximum atomic E-state index is 13.1. The highest BCUT2D eigenvalue weighted by Gasteiger charge is 2.33. The number of benzene rings is 2. The Labute approximate surface area is 199 Å². The molecule has 0 aliphatic carbocycles. The number of nitrogens with zero attached hydrogens (tertiary/aromatic N) is 1. The number of morpholine rings is 1. The van der Waals surface area contributed by atoms with Crippen molar-refractivity contribution in [1.29, 1.82) is 0 Å². The van der Waals surface area contributed by atoms with Gasteiger partial charge in [-0.3, -0.25) is 14.4 Å². The predicted molar refractivity (Wildman–Crippen MR) is 127 cm³/mol. The number of anilines is 1. The minimum Gasteiger partial charge on any atom is -0.373 e. The zero-order valence-electron chi connectivity index (χ0n) is 19.1. The van der Waals surface area contributed by atoms with Crippen LogP contribution in [0.25, 0.3) is 0 Å². The summed E-state index contributed by atoms with van der Waals surface area (Å²) in [6.45, 7) is 10.0. The van der Waals surface area contributed by atoms with Gasteiger partial charge < -0.3 is 10.1 Å². The first-order valence-corrected chi connectivity index (χ1v) is 12.5. The van der Waals surface area contributed by atoms with Crippen molar-refractivity contribution in [2.24, 2.45) is 0 Å². The molecule has 0 unspecified atom stereocenters. The summed E-state index contributed by atoms with van der Waals surface area (Å²) in [5.41, 5.74) is 0.0180. The average Bonchev–Trinajstić information content (AvgIpc) is 2.73. The minimum atomic E-state index is -4.09. The van der Waals surface area contributed by atoms with Gasteiger partial charge in [-0.1, -0.05) is 11.6 Å². The van der Waals surface area contributed by atoms with Crippen molar-refractivity contribution in [3.63, 3.8) is 0 Å². The van der Waals surface area contributed by atoms with E-state index in [9.17, 15) is 17.6 Å². The summed E-state index contributed by atoms with van der Waals surface area (Å²) in [4.78, 5) is 14.9. The highest BCUT2D eigenvalue weighted by Crippen LogP contribution is 2.26. The normalized spacial score (nSPS) is 19.8. The lowest BCUT2D eigenvalue weighted by Gasteiger charge is -2.45. The Kier molecular flexibility index (Phi) is 7.68. The Balaban J connectivity index is 1.72. The lowest BCUT2D eigenvalue weighted by molar-refractivity contribution is -0.0948. The number of sulfonamides is 1. The van der Waals surface area contributed by atoms with Crippen LogP contribution in [0.1, 0.15) is 38.1 Å². The monoisotopic (exact) mass is 497 g/mol. The van der Waals surface area contributed by atoms with Gasteiger partial charge in [0.25, 0.3) is 15.9 Å².